The Kier molecular flexibility index (Phi) is 16.0. The molecule has 0 N–H and O–H groups in total. The second-order valence-corrected chi connectivity index (χ2v) is 20.1. The van der Waals surface area contributed by atoms with Gasteiger partial charge in [0.15, 0.2) is 5.90 Å². The molecule has 8 aromatic carbocycles. The molecular formula is C55H44AgAuN2P2+2. The van der Waals surface area contributed by atoms with E-state index < -0.39 is 15.8 Å². The molecule has 0 atom stereocenters. The molecule has 0 radical (unpaired) electrons. The van der Waals surface area contributed by atoms with Crippen LogP contribution >= 0.6 is 15.8 Å². The zero-order valence-corrected chi connectivity index (χ0v) is 39.5. The smallest absolute Gasteiger partial charge is 0.366 e. The first kappa shape index (κ1) is 45.4. The molecule has 0 bridgehead atoms. The summed E-state index contributed by atoms with van der Waals surface area (Å²) >= 11 is 0. The van der Waals surface area contributed by atoms with E-state index in [9.17, 15) is 0 Å². The van der Waals surface area contributed by atoms with Crippen molar-refractivity contribution < 1.29 is 44.8 Å². The van der Waals surface area contributed by atoms with Gasteiger partial charge >= 0.3 is 44.8 Å². The molecule has 10 aromatic rings. The first-order valence-electron chi connectivity index (χ1n) is 19.8. The fourth-order valence-electron chi connectivity index (χ4n) is 7.96. The van der Waals surface area contributed by atoms with E-state index in [2.05, 4.69) is 193 Å². The van der Waals surface area contributed by atoms with Crippen molar-refractivity contribution in [3.8, 4) is 11.8 Å². The van der Waals surface area contributed by atoms with Crippen LogP contribution < -0.4 is 21.2 Å². The second-order valence-electron chi connectivity index (χ2n) is 14.5. The molecule has 304 valence electrons. The molecule has 0 unspecified atom stereocenters. The number of rotatable bonds is 6. The summed E-state index contributed by atoms with van der Waals surface area (Å²) < 4.78 is 4.34. The van der Waals surface area contributed by atoms with Crippen molar-refractivity contribution in [2.75, 3.05) is 5.90 Å². The summed E-state index contributed by atoms with van der Waals surface area (Å²) in [6, 6.07) is 73.1. The number of benzene rings is 8. The van der Waals surface area contributed by atoms with E-state index in [1.54, 1.807) is 0 Å². The number of hydrogen-bond acceptors (Lipinski definition) is 0. The van der Waals surface area contributed by atoms with E-state index in [1.807, 2.05) is 48.5 Å². The average Bonchev–Trinajstić information content (AvgIpc) is 3.77. The summed E-state index contributed by atoms with van der Waals surface area (Å²) in [6.07, 6.45) is 14.3. The minimum atomic E-state index is -0.847. The Hall–Kier alpha value is -5.18. The van der Waals surface area contributed by atoms with Crippen LogP contribution in [0.2, 0.25) is 0 Å². The van der Waals surface area contributed by atoms with Gasteiger partial charge in [-0.25, -0.2) is 0 Å². The maximum atomic E-state index is 7.18. The van der Waals surface area contributed by atoms with Crippen molar-refractivity contribution in [2.45, 2.75) is 0 Å². The van der Waals surface area contributed by atoms with Crippen LogP contribution in [-0.2, 0) is 58.9 Å². The predicted molar refractivity (Wildman–Crippen MR) is 259 cm³/mol. The standard InChI is InChI=1S/C25H22P2.2C15H10N.Ag.Au/c1-5-13-22(14-6-1)26(23-15-7-2-8-16-23)21-27(24-17-9-3-10-18-24)25-19-11-4-12-20-25;1-3-11-8-9-15-13(10-11)12-6-4-5-7-14(12)16(15)2;1-3-11-8-9-13-12-6-4-5-7-14(12)16(2)15(13)10-11;;/h1-20H,21H2;2*4-10H,2H3;;/q;2*-1;2*+1/p+2. The van der Waals surface area contributed by atoms with Crippen molar-refractivity contribution in [1.29, 1.82) is 0 Å². The van der Waals surface area contributed by atoms with Crippen molar-refractivity contribution in [3.05, 3.63) is 230 Å². The predicted octanol–water partition coefficient (Wildman–Crippen LogP) is 11.2. The van der Waals surface area contributed by atoms with Gasteiger partial charge in [-0.3, -0.25) is 11.8 Å². The van der Waals surface area contributed by atoms with E-state index in [0.717, 1.165) is 16.6 Å². The Bertz CT molecular complexity index is 2910. The number of nitrogens with zero attached hydrogens (tertiary/aromatic N) is 2. The molecule has 61 heavy (non-hydrogen) atoms. The fourth-order valence-corrected chi connectivity index (χ4v) is 15.7. The minimum absolute atomic E-state index is 0. The molecule has 0 saturated carbocycles. The van der Waals surface area contributed by atoms with E-state index in [-0.39, 0.29) is 44.8 Å². The summed E-state index contributed by atoms with van der Waals surface area (Å²) in [5.41, 5.74) is 6.43. The van der Waals surface area contributed by atoms with Gasteiger partial charge in [-0.05, 0) is 66.0 Å². The Morgan fingerprint density at radius 3 is 1.15 bits per heavy atom. The molecule has 2 heterocycles. The van der Waals surface area contributed by atoms with Gasteiger partial charge in [0, 0.05) is 52.3 Å². The minimum Gasteiger partial charge on any atom is -0.366 e. The molecule has 0 aliphatic rings. The van der Waals surface area contributed by atoms with Crippen LogP contribution in [0.4, 0.5) is 0 Å². The van der Waals surface area contributed by atoms with E-state index in [0.29, 0.717) is 0 Å². The van der Waals surface area contributed by atoms with E-state index >= 15 is 0 Å². The molecule has 2 nitrogen and oxygen atoms in total. The van der Waals surface area contributed by atoms with Crippen LogP contribution in [0, 0.1) is 24.7 Å². The quantitative estimate of drug-likeness (QED) is 0.0680. The Balaban J connectivity index is 0.000000159. The summed E-state index contributed by atoms with van der Waals surface area (Å²) in [5.74, 6) is 6.11. The van der Waals surface area contributed by atoms with Gasteiger partial charge in [-0.2, -0.15) is 0 Å². The second kappa shape index (κ2) is 21.6. The first-order valence-corrected chi connectivity index (χ1v) is 23.2. The summed E-state index contributed by atoms with van der Waals surface area (Å²) in [5, 5.41) is 10.9. The van der Waals surface area contributed by atoms with Crippen LogP contribution in [0.1, 0.15) is 11.1 Å². The van der Waals surface area contributed by atoms with Crippen LogP contribution in [-0.4, -0.2) is 15.0 Å². The van der Waals surface area contributed by atoms with Gasteiger partial charge in [-0.15, -0.1) is 35.4 Å². The van der Waals surface area contributed by atoms with Gasteiger partial charge in [0.1, 0.15) is 37.1 Å². The van der Waals surface area contributed by atoms with Crippen molar-refractivity contribution >= 4 is 80.7 Å². The van der Waals surface area contributed by atoms with Crippen molar-refractivity contribution in [2.24, 2.45) is 14.1 Å². The number of para-hydroxylation sites is 2. The number of hydrogen-bond donors (Lipinski definition) is 0. The van der Waals surface area contributed by atoms with Crippen LogP contribution in [0.5, 0.6) is 0 Å². The normalized spacial score (nSPS) is 10.5. The van der Waals surface area contributed by atoms with Crippen LogP contribution in [0.25, 0.3) is 43.6 Å². The van der Waals surface area contributed by atoms with E-state index in [1.165, 1.54) is 65.2 Å². The molecule has 0 amide bonds. The molecular weight excluding hydrogens is 1060 g/mol. The molecule has 0 saturated heterocycles. The molecule has 6 heteroatoms. The summed E-state index contributed by atoms with van der Waals surface area (Å²) in [7, 11) is 2.43. The average molecular weight is 1100 g/mol. The van der Waals surface area contributed by atoms with Crippen molar-refractivity contribution in [1.82, 2.24) is 9.13 Å². The molecule has 0 fully saturated rings. The van der Waals surface area contributed by atoms with Gasteiger partial charge in [-0.1, -0.05) is 121 Å². The summed E-state index contributed by atoms with van der Waals surface area (Å²) in [6.45, 7) is 0. The third-order valence-electron chi connectivity index (χ3n) is 11.0. The molecule has 2 aromatic heterocycles. The topological polar surface area (TPSA) is 9.86 Å². The first-order chi connectivity index (χ1) is 29.0. The summed E-state index contributed by atoms with van der Waals surface area (Å²) in [4.78, 5) is 0. The van der Waals surface area contributed by atoms with Gasteiger partial charge in [0.2, 0.25) is 0 Å². The van der Waals surface area contributed by atoms with Crippen molar-refractivity contribution in [3.63, 3.8) is 0 Å². The zero-order chi connectivity index (χ0) is 40.6. The Morgan fingerprint density at radius 1 is 0.377 bits per heavy atom. The molecule has 0 spiro atoms. The largest absolute Gasteiger partial charge is 1.00 e. The third kappa shape index (κ3) is 10.1. The SMILES string of the molecule is [Ag+].[Au+].[C-]#Cc1ccc2c(c1)c1ccccc1n2C.[C-]#Cc1ccc2c3ccccc3n(C)c2c1.c1ccc([PH+](C[PH+](c2ccccc2)c2ccccc2)c2ccccc2)cc1. The Morgan fingerprint density at radius 2 is 0.705 bits per heavy atom. The third-order valence-corrected chi connectivity index (χ3v) is 17.9. The molecule has 0 aliphatic carbocycles. The monoisotopic (exact) mass is 1100 g/mol. The van der Waals surface area contributed by atoms with Crippen LogP contribution in [0.15, 0.2) is 206 Å². The maximum absolute atomic E-state index is 7.18. The fraction of sp³-hybridized carbons (Fsp3) is 0.0545. The number of aromatic nitrogens is 2. The molecule has 10 rings (SSSR count). The Labute approximate surface area is 393 Å². The van der Waals surface area contributed by atoms with Gasteiger partial charge in [0.05, 0.1) is 0 Å². The number of fused-ring (bicyclic) bond motifs is 6. The van der Waals surface area contributed by atoms with Gasteiger partial charge in [0.25, 0.3) is 0 Å². The number of aryl methyl sites for hydroxylation is 2. The van der Waals surface area contributed by atoms with Crippen LogP contribution in [0.3, 0.4) is 0 Å². The van der Waals surface area contributed by atoms with Gasteiger partial charge < -0.3 is 22.0 Å². The molecule has 0 aliphatic heterocycles. The zero-order valence-electron chi connectivity index (χ0n) is 33.8. The maximum Gasteiger partial charge on any atom is 1.00 e. The van der Waals surface area contributed by atoms with E-state index in [4.69, 9.17) is 12.8 Å².